The van der Waals surface area contributed by atoms with Crippen LogP contribution in [0.3, 0.4) is 0 Å². The van der Waals surface area contributed by atoms with E-state index in [2.05, 4.69) is 24.1 Å². The number of anilines is 1. The molecule has 2 rings (SSSR count). The normalized spacial score (nSPS) is 12.8. The summed E-state index contributed by atoms with van der Waals surface area (Å²) in [5.41, 5.74) is 7.37. The third kappa shape index (κ3) is 4.19. The number of hydrogen-bond donors (Lipinski definition) is 3. The molecule has 114 valence electrons. The van der Waals surface area contributed by atoms with Gasteiger partial charge in [0.1, 0.15) is 0 Å². The van der Waals surface area contributed by atoms with E-state index in [1.54, 1.807) is 18.2 Å². The highest BCUT2D eigenvalue weighted by atomic mass is 16.4. The molecular formula is C15H21N3O3. The van der Waals surface area contributed by atoms with E-state index >= 15 is 0 Å². The van der Waals surface area contributed by atoms with Gasteiger partial charge in [-0.3, -0.25) is 9.78 Å². The van der Waals surface area contributed by atoms with E-state index in [9.17, 15) is 9.59 Å². The van der Waals surface area contributed by atoms with Gasteiger partial charge in [-0.25, -0.2) is 4.79 Å². The lowest BCUT2D eigenvalue weighted by molar-refractivity contribution is -0.117. The maximum atomic E-state index is 12.0. The Labute approximate surface area is 122 Å². The number of aromatic nitrogens is 1. The molecule has 2 aromatic rings. The van der Waals surface area contributed by atoms with Crippen LogP contribution in [-0.2, 0) is 4.79 Å². The van der Waals surface area contributed by atoms with Crippen molar-refractivity contribution in [1.29, 1.82) is 0 Å². The molecule has 0 radical (unpaired) electrons. The van der Waals surface area contributed by atoms with Crippen molar-refractivity contribution in [2.45, 2.75) is 26.7 Å². The van der Waals surface area contributed by atoms with Gasteiger partial charge in [0.05, 0.1) is 5.52 Å². The molecule has 0 aliphatic heterocycles. The highest BCUT2D eigenvalue weighted by Gasteiger charge is 2.14. The Morgan fingerprint density at radius 3 is 2.86 bits per heavy atom. The van der Waals surface area contributed by atoms with Crippen LogP contribution in [0.1, 0.15) is 26.7 Å². The quantitative estimate of drug-likeness (QED) is 0.758. The van der Waals surface area contributed by atoms with Crippen LogP contribution in [-0.4, -0.2) is 17.4 Å². The van der Waals surface area contributed by atoms with Crippen LogP contribution >= 0.6 is 0 Å². The third-order valence-corrected chi connectivity index (χ3v) is 3.31. The zero-order chi connectivity index (χ0) is 15.4. The fourth-order valence-corrected chi connectivity index (χ4v) is 2.43. The Balaban J connectivity index is 2.01. The Morgan fingerprint density at radius 1 is 1.43 bits per heavy atom. The van der Waals surface area contributed by atoms with E-state index in [0.29, 0.717) is 35.7 Å². The van der Waals surface area contributed by atoms with Crippen molar-refractivity contribution in [3.8, 4) is 0 Å². The largest absolute Gasteiger partial charge is 0.417 e. The first-order chi connectivity index (χ1) is 9.97. The lowest BCUT2D eigenvalue weighted by Crippen LogP contribution is -2.23. The maximum Gasteiger partial charge on any atom is 0.417 e. The molecule has 0 aliphatic carbocycles. The minimum absolute atomic E-state index is 0.0729. The predicted molar refractivity (Wildman–Crippen MR) is 82.1 cm³/mol. The average Bonchev–Trinajstić information content (AvgIpc) is 2.76. The number of hydrogen-bond acceptors (Lipinski definition) is 4. The van der Waals surface area contributed by atoms with Crippen molar-refractivity contribution in [3.05, 3.63) is 28.7 Å². The highest BCUT2D eigenvalue weighted by molar-refractivity contribution is 5.92. The van der Waals surface area contributed by atoms with Gasteiger partial charge < -0.3 is 15.5 Å². The van der Waals surface area contributed by atoms with Gasteiger partial charge in [0.15, 0.2) is 5.58 Å². The molecule has 6 nitrogen and oxygen atoms in total. The molecule has 1 atom stereocenters. The number of carbonyl (C=O) groups excluding carboxylic acids is 1. The number of amides is 1. The summed E-state index contributed by atoms with van der Waals surface area (Å²) in [6.07, 6.45) is 1.33. The summed E-state index contributed by atoms with van der Waals surface area (Å²) in [7, 11) is 0. The van der Waals surface area contributed by atoms with Gasteiger partial charge in [-0.15, -0.1) is 0 Å². The molecule has 1 aromatic heterocycles. The highest BCUT2D eigenvalue weighted by Crippen LogP contribution is 2.18. The lowest BCUT2D eigenvalue weighted by Gasteiger charge is -2.16. The number of nitrogens with two attached hydrogens (primary N) is 1. The molecule has 0 aliphatic rings. The second-order valence-electron chi connectivity index (χ2n) is 5.71. The van der Waals surface area contributed by atoms with Gasteiger partial charge in [0.25, 0.3) is 0 Å². The minimum atomic E-state index is -0.506. The van der Waals surface area contributed by atoms with E-state index < -0.39 is 5.76 Å². The van der Waals surface area contributed by atoms with Crippen LogP contribution in [0.4, 0.5) is 5.69 Å². The Bertz CT molecular complexity index is 672. The van der Waals surface area contributed by atoms with Crippen molar-refractivity contribution >= 4 is 22.7 Å². The van der Waals surface area contributed by atoms with E-state index in [4.69, 9.17) is 10.2 Å². The summed E-state index contributed by atoms with van der Waals surface area (Å²) in [6, 6.07) is 5.03. The summed E-state index contributed by atoms with van der Waals surface area (Å²) in [4.78, 5) is 25.7. The number of benzene rings is 1. The fourth-order valence-electron chi connectivity index (χ4n) is 2.43. The number of aromatic amines is 1. The lowest BCUT2D eigenvalue weighted by atomic mass is 9.94. The van der Waals surface area contributed by atoms with Gasteiger partial charge in [0, 0.05) is 12.1 Å². The zero-order valence-corrected chi connectivity index (χ0v) is 12.3. The number of oxazole rings is 1. The summed E-state index contributed by atoms with van der Waals surface area (Å²) in [5.74, 6) is 0.117. The van der Waals surface area contributed by atoms with Crippen molar-refractivity contribution in [3.63, 3.8) is 0 Å². The topological polar surface area (TPSA) is 101 Å². The Kier molecular flexibility index (Phi) is 4.80. The van der Waals surface area contributed by atoms with Gasteiger partial charge in [-0.05, 0) is 43.0 Å². The molecule has 0 unspecified atom stereocenters. The van der Waals surface area contributed by atoms with Gasteiger partial charge >= 0.3 is 5.76 Å². The first kappa shape index (κ1) is 15.3. The van der Waals surface area contributed by atoms with Crippen molar-refractivity contribution < 1.29 is 9.21 Å². The van der Waals surface area contributed by atoms with Gasteiger partial charge in [-0.1, -0.05) is 13.8 Å². The first-order valence-electron chi connectivity index (χ1n) is 7.10. The minimum Gasteiger partial charge on any atom is -0.408 e. The van der Waals surface area contributed by atoms with Crippen LogP contribution in [0, 0.1) is 11.8 Å². The summed E-state index contributed by atoms with van der Waals surface area (Å²) >= 11 is 0. The maximum absolute atomic E-state index is 12.0. The first-order valence-corrected chi connectivity index (χ1v) is 7.10. The number of rotatable bonds is 6. The Hall–Kier alpha value is -2.08. The second-order valence-corrected chi connectivity index (χ2v) is 5.71. The van der Waals surface area contributed by atoms with Crippen molar-refractivity contribution in [2.24, 2.45) is 17.6 Å². The van der Waals surface area contributed by atoms with Crippen molar-refractivity contribution in [2.75, 3.05) is 11.9 Å². The van der Waals surface area contributed by atoms with Crippen LogP contribution in [0.15, 0.2) is 27.4 Å². The van der Waals surface area contributed by atoms with Crippen LogP contribution in [0.25, 0.3) is 11.1 Å². The molecule has 0 saturated heterocycles. The van der Waals surface area contributed by atoms with E-state index in [1.165, 1.54) is 0 Å². The number of nitrogens with one attached hydrogen (secondary N) is 2. The van der Waals surface area contributed by atoms with Crippen molar-refractivity contribution in [1.82, 2.24) is 4.98 Å². The molecule has 0 saturated carbocycles. The molecule has 1 aromatic carbocycles. The third-order valence-electron chi connectivity index (χ3n) is 3.31. The number of H-pyrrole nitrogens is 1. The molecule has 0 spiro atoms. The molecule has 21 heavy (non-hydrogen) atoms. The molecule has 0 bridgehead atoms. The van der Waals surface area contributed by atoms with Gasteiger partial charge in [0.2, 0.25) is 5.91 Å². The molecule has 0 fully saturated rings. The second kappa shape index (κ2) is 6.58. The van der Waals surface area contributed by atoms with E-state index in [1.807, 2.05) is 0 Å². The smallest absolute Gasteiger partial charge is 0.408 e. The summed E-state index contributed by atoms with van der Waals surface area (Å²) < 4.78 is 4.91. The molecule has 1 heterocycles. The SMILES string of the molecule is CC(C)C[C@H](CN)CC(=O)Nc1ccc2oc(=O)[nH]c2c1. The van der Waals surface area contributed by atoms with Gasteiger partial charge in [-0.2, -0.15) is 0 Å². The average molecular weight is 291 g/mol. The number of carbonyl (C=O) groups is 1. The molecule has 1 amide bonds. The van der Waals surface area contributed by atoms with Crippen LogP contribution in [0.2, 0.25) is 0 Å². The summed E-state index contributed by atoms with van der Waals surface area (Å²) in [5, 5.41) is 2.82. The van der Waals surface area contributed by atoms with Crippen LogP contribution < -0.4 is 16.8 Å². The molecule has 4 N–H and O–H groups in total. The van der Waals surface area contributed by atoms with E-state index in [-0.39, 0.29) is 11.8 Å². The summed E-state index contributed by atoms with van der Waals surface area (Å²) in [6.45, 7) is 4.73. The predicted octanol–water partition coefficient (Wildman–Crippen LogP) is 2.07. The van der Waals surface area contributed by atoms with E-state index in [0.717, 1.165) is 6.42 Å². The standard InChI is InChI=1S/C15H21N3O3/c1-9(2)5-10(8-16)6-14(19)17-11-3-4-13-12(7-11)18-15(20)21-13/h3-4,7,9-10H,5-6,8,16H2,1-2H3,(H,17,19)(H,18,20)/t10-/m0/s1. The monoisotopic (exact) mass is 291 g/mol. The van der Waals surface area contributed by atoms with Crippen LogP contribution in [0.5, 0.6) is 0 Å². The number of fused-ring (bicyclic) bond motifs is 1. The fraction of sp³-hybridized carbons (Fsp3) is 0.467. The Morgan fingerprint density at radius 2 is 2.19 bits per heavy atom. The zero-order valence-electron chi connectivity index (χ0n) is 12.3. The molecule has 6 heteroatoms. The molecular weight excluding hydrogens is 270 g/mol.